The molecule has 148 valence electrons. The van der Waals surface area contributed by atoms with Gasteiger partial charge in [-0.25, -0.2) is 4.90 Å². The molecule has 1 aliphatic heterocycles. The maximum Gasteiger partial charge on any atom is 0.243 e. The Morgan fingerprint density at radius 3 is 2.37 bits per heavy atom. The maximum absolute atomic E-state index is 13.5. The monoisotopic (exact) mass is 396 g/mol. The number of carbonyl (C=O) groups is 2. The highest BCUT2D eigenvalue weighted by Crippen LogP contribution is 2.40. The first-order valence-electron chi connectivity index (χ1n) is 9.83. The van der Waals surface area contributed by atoms with Crippen LogP contribution in [0.4, 0.5) is 5.69 Å². The van der Waals surface area contributed by atoms with Gasteiger partial charge < -0.3 is 9.14 Å². The van der Waals surface area contributed by atoms with Crippen molar-refractivity contribution < 1.29 is 14.3 Å². The Morgan fingerprint density at radius 2 is 1.63 bits per heavy atom. The molecule has 1 saturated heterocycles. The molecule has 1 aliphatic rings. The van der Waals surface area contributed by atoms with Gasteiger partial charge in [0.15, 0.2) is 0 Å². The summed E-state index contributed by atoms with van der Waals surface area (Å²) in [4.78, 5) is 27.6. The molecule has 0 spiro atoms. The molecule has 0 saturated carbocycles. The second-order valence-corrected chi connectivity index (χ2v) is 7.33. The van der Waals surface area contributed by atoms with E-state index in [2.05, 4.69) is 6.07 Å². The van der Waals surface area contributed by atoms with Crippen LogP contribution >= 0.6 is 0 Å². The standard InChI is InChI=1S/C25H20N2O3/c1-30-20-12-10-18(11-13-20)27-23(28)16-22(25(27)29)24-21(17-7-3-2-4-8-17)15-19-9-5-6-14-26(19)24/h2-15,22H,16H2,1H3. The Kier molecular flexibility index (Phi) is 4.36. The van der Waals surface area contributed by atoms with Crippen molar-refractivity contribution in [3.05, 3.63) is 90.8 Å². The predicted octanol–water partition coefficient (Wildman–Crippen LogP) is 4.66. The summed E-state index contributed by atoms with van der Waals surface area (Å²) in [6.45, 7) is 0. The summed E-state index contributed by atoms with van der Waals surface area (Å²) in [5.74, 6) is -0.260. The molecule has 30 heavy (non-hydrogen) atoms. The van der Waals surface area contributed by atoms with E-state index >= 15 is 0 Å². The van der Waals surface area contributed by atoms with Crippen molar-refractivity contribution in [2.75, 3.05) is 12.0 Å². The van der Waals surface area contributed by atoms with Crippen molar-refractivity contribution in [3.63, 3.8) is 0 Å². The number of anilines is 1. The van der Waals surface area contributed by atoms with Gasteiger partial charge in [-0.2, -0.15) is 0 Å². The van der Waals surface area contributed by atoms with Crippen LogP contribution in [0.5, 0.6) is 5.75 Å². The number of benzene rings is 2. The van der Waals surface area contributed by atoms with Crippen molar-refractivity contribution in [2.24, 2.45) is 0 Å². The molecule has 5 nitrogen and oxygen atoms in total. The Hall–Kier alpha value is -3.86. The molecule has 5 rings (SSSR count). The zero-order valence-corrected chi connectivity index (χ0v) is 16.5. The molecule has 2 aromatic heterocycles. The van der Waals surface area contributed by atoms with E-state index in [1.807, 2.05) is 59.1 Å². The lowest BCUT2D eigenvalue weighted by atomic mass is 9.96. The Morgan fingerprint density at radius 1 is 0.900 bits per heavy atom. The molecule has 1 unspecified atom stereocenters. The highest BCUT2D eigenvalue weighted by molar-refractivity contribution is 6.23. The summed E-state index contributed by atoms with van der Waals surface area (Å²) in [6, 6.07) is 25.0. The number of fused-ring (bicyclic) bond motifs is 1. The minimum atomic E-state index is -0.542. The third kappa shape index (κ3) is 2.87. The lowest BCUT2D eigenvalue weighted by Crippen LogP contribution is -2.30. The fourth-order valence-electron chi connectivity index (χ4n) is 4.20. The van der Waals surface area contributed by atoms with E-state index in [4.69, 9.17) is 4.74 Å². The molecule has 1 atom stereocenters. The van der Waals surface area contributed by atoms with Gasteiger partial charge >= 0.3 is 0 Å². The predicted molar refractivity (Wildman–Crippen MR) is 116 cm³/mol. The van der Waals surface area contributed by atoms with E-state index < -0.39 is 5.92 Å². The fourth-order valence-corrected chi connectivity index (χ4v) is 4.20. The van der Waals surface area contributed by atoms with Crippen LogP contribution in [0.3, 0.4) is 0 Å². The Labute approximate surface area is 174 Å². The molecular formula is C25H20N2O3. The van der Waals surface area contributed by atoms with Crippen molar-refractivity contribution in [1.29, 1.82) is 0 Å². The zero-order chi connectivity index (χ0) is 20.7. The van der Waals surface area contributed by atoms with Gasteiger partial charge in [0, 0.05) is 29.4 Å². The van der Waals surface area contributed by atoms with Crippen LogP contribution < -0.4 is 9.64 Å². The topological polar surface area (TPSA) is 51.0 Å². The second kappa shape index (κ2) is 7.19. The number of pyridine rings is 1. The molecule has 2 aromatic carbocycles. The number of hydrogen-bond acceptors (Lipinski definition) is 3. The number of rotatable bonds is 4. The molecule has 0 bridgehead atoms. The normalized spacial score (nSPS) is 16.4. The minimum absolute atomic E-state index is 0.145. The first-order valence-corrected chi connectivity index (χ1v) is 9.83. The van der Waals surface area contributed by atoms with Gasteiger partial charge in [0.1, 0.15) is 5.75 Å². The highest BCUT2D eigenvalue weighted by Gasteiger charge is 2.42. The van der Waals surface area contributed by atoms with Crippen LogP contribution in [0, 0.1) is 0 Å². The summed E-state index contributed by atoms with van der Waals surface area (Å²) in [5, 5.41) is 0. The lowest BCUT2D eigenvalue weighted by molar-refractivity contribution is -0.121. The van der Waals surface area contributed by atoms with Gasteiger partial charge in [0.05, 0.1) is 18.7 Å². The average Bonchev–Trinajstić information content (AvgIpc) is 3.31. The van der Waals surface area contributed by atoms with Gasteiger partial charge in [-0.05, 0) is 48.0 Å². The number of hydrogen-bond donors (Lipinski definition) is 0. The summed E-state index contributed by atoms with van der Waals surface area (Å²) >= 11 is 0. The number of ether oxygens (including phenoxy) is 1. The molecule has 2 amide bonds. The molecule has 0 radical (unpaired) electrons. The first kappa shape index (κ1) is 18.2. The number of carbonyl (C=O) groups excluding carboxylic acids is 2. The van der Waals surface area contributed by atoms with E-state index in [0.29, 0.717) is 11.4 Å². The SMILES string of the molecule is COc1ccc(N2C(=O)CC(c3c(-c4ccccc4)cc4ccccn34)C2=O)cc1. The van der Waals surface area contributed by atoms with Crippen molar-refractivity contribution in [3.8, 4) is 16.9 Å². The van der Waals surface area contributed by atoms with E-state index in [-0.39, 0.29) is 18.2 Å². The lowest BCUT2D eigenvalue weighted by Gasteiger charge is -2.16. The molecule has 3 heterocycles. The summed E-state index contributed by atoms with van der Waals surface area (Å²) < 4.78 is 7.21. The van der Waals surface area contributed by atoms with Crippen LogP contribution in [-0.4, -0.2) is 23.3 Å². The molecule has 4 aromatic rings. The molecule has 1 fully saturated rings. The van der Waals surface area contributed by atoms with Crippen molar-refractivity contribution >= 4 is 23.0 Å². The molecule has 0 aliphatic carbocycles. The smallest absolute Gasteiger partial charge is 0.243 e. The molecule has 0 N–H and O–H groups in total. The quantitative estimate of drug-likeness (QED) is 0.472. The van der Waals surface area contributed by atoms with Gasteiger partial charge in [-0.3, -0.25) is 9.59 Å². The fraction of sp³-hybridized carbons (Fsp3) is 0.120. The number of nitrogens with zero attached hydrogens (tertiary/aromatic N) is 2. The summed E-state index contributed by atoms with van der Waals surface area (Å²) in [6.07, 6.45) is 2.09. The van der Waals surface area contributed by atoms with Crippen LogP contribution in [0.1, 0.15) is 18.0 Å². The van der Waals surface area contributed by atoms with Gasteiger partial charge in [0.25, 0.3) is 0 Å². The first-order chi connectivity index (χ1) is 14.7. The summed E-state index contributed by atoms with van der Waals surface area (Å²) in [5.41, 5.74) is 4.42. The van der Waals surface area contributed by atoms with Gasteiger partial charge in [-0.1, -0.05) is 36.4 Å². The van der Waals surface area contributed by atoms with Crippen molar-refractivity contribution in [1.82, 2.24) is 4.40 Å². The largest absolute Gasteiger partial charge is 0.497 e. The molecular weight excluding hydrogens is 376 g/mol. The average molecular weight is 396 g/mol. The number of methoxy groups -OCH3 is 1. The van der Waals surface area contributed by atoms with E-state index in [1.54, 1.807) is 31.4 Å². The third-order valence-electron chi connectivity index (χ3n) is 5.61. The number of amides is 2. The van der Waals surface area contributed by atoms with Crippen LogP contribution in [0.15, 0.2) is 85.1 Å². The third-order valence-corrected chi connectivity index (χ3v) is 5.61. The van der Waals surface area contributed by atoms with Crippen molar-refractivity contribution in [2.45, 2.75) is 12.3 Å². The maximum atomic E-state index is 13.5. The summed E-state index contributed by atoms with van der Waals surface area (Å²) in [7, 11) is 1.58. The highest BCUT2D eigenvalue weighted by atomic mass is 16.5. The Balaban J connectivity index is 1.62. The Bertz CT molecular complexity index is 1240. The van der Waals surface area contributed by atoms with Gasteiger partial charge in [-0.15, -0.1) is 0 Å². The van der Waals surface area contributed by atoms with E-state index in [9.17, 15) is 9.59 Å². The van der Waals surface area contributed by atoms with E-state index in [1.165, 1.54) is 4.90 Å². The van der Waals surface area contributed by atoms with Crippen LogP contribution in [0.2, 0.25) is 0 Å². The number of imide groups is 1. The molecule has 5 heteroatoms. The second-order valence-electron chi connectivity index (χ2n) is 7.33. The van der Waals surface area contributed by atoms with Crippen LogP contribution in [-0.2, 0) is 9.59 Å². The zero-order valence-electron chi connectivity index (χ0n) is 16.5. The van der Waals surface area contributed by atoms with Gasteiger partial charge in [0.2, 0.25) is 11.8 Å². The van der Waals surface area contributed by atoms with Crippen LogP contribution in [0.25, 0.3) is 16.6 Å². The minimum Gasteiger partial charge on any atom is -0.497 e. The number of aromatic nitrogens is 1. The van der Waals surface area contributed by atoms with E-state index in [0.717, 1.165) is 22.3 Å².